The van der Waals surface area contributed by atoms with Gasteiger partial charge in [0.25, 0.3) is 0 Å². The average Bonchev–Trinajstić information content (AvgIpc) is 3.29. The second-order valence-electron chi connectivity index (χ2n) is 9.08. The molecule has 5 rings (SSSR count). The van der Waals surface area contributed by atoms with Gasteiger partial charge < -0.3 is 14.6 Å². The number of rotatable bonds is 9. The molecule has 0 radical (unpaired) electrons. The number of hydrogen-bond donors (Lipinski definition) is 1. The van der Waals surface area contributed by atoms with Crippen molar-refractivity contribution in [2.24, 2.45) is 0 Å². The lowest BCUT2D eigenvalue weighted by Crippen LogP contribution is -2.43. The van der Waals surface area contributed by atoms with E-state index in [1.165, 1.54) is 29.2 Å². The number of halogens is 1. The van der Waals surface area contributed by atoms with Gasteiger partial charge in [-0.3, -0.25) is 4.90 Å². The minimum Gasteiger partial charge on any atom is -0.489 e. The molecule has 0 spiro atoms. The van der Waals surface area contributed by atoms with Crippen molar-refractivity contribution < 1.29 is 23.8 Å². The molecule has 1 heterocycles. The van der Waals surface area contributed by atoms with Gasteiger partial charge in [0.15, 0.2) is 6.10 Å². The van der Waals surface area contributed by atoms with Crippen LogP contribution in [0.15, 0.2) is 109 Å². The van der Waals surface area contributed by atoms with Crippen LogP contribution in [-0.4, -0.2) is 23.3 Å². The molecule has 1 saturated heterocycles. The number of nitrogens with zero attached hydrogens (tertiary/aromatic N) is 1. The van der Waals surface area contributed by atoms with E-state index >= 15 is 0 Å². The second kappa shape index (κ2) is 11.3. The third kappa shape index (κ3) is 5.81. The number of aliphatic hydroxyl groups is 1. The zero-order valence-electron chi connectivity index (χ0n) is 20.2. The third-order valence-corrected chi connectivity index (χ3v) is 6.56. The topological polar surface area (TPSA) is 59.0 Å². The van der Waals surface area contributed by atoms with Crippen LogP contribution in [0.1, 0.15) is 29.2 Å². The lowest BCUT2D eigenvalue weighted by atomic mass is 9.93. The number of ether oxygens (including phenoxy) is 2. The minimum absolute atomic E-state index is 0.403. The Bertz CT molecular complexity index is 1300. The summed E-state index contributed by atoms with van der Waals surface area (Å²) in [6, 6.07) is 32.1. The summed E-state index contributed by atoms with van der Waals surface area (Å²) in [6.07, 6.45) is -1.09. The van der Waals surface area contributed by atoms with Crippen LogP contribution < -0.4 is 9.64 Å². The average molecular weight is 498 g/mol. The molecule has 37 heavy (non-hydrogen) atoms. The van der Waals surface area contributed by atoms with Gasteiger partial charge in [-0.1, -0.05) is 72.8 Å². The van der Waals surface area contributed by atoms with Crippen LogP contribution in [0.4, 0.5) is 14.9 Å². The van der Waals surface area contributed by atoms with E-state index < -0.39 is 30.2 Å². The second-order valence-corrected chi connectivity index (χ2v) is 9.08. The van der Waals surface area contributed by atoms with Gasteiger partial charge in [0.1, 0.15) is 24.2 Å². The first-order chi connectivity index (χ1) is 18.1. The van der Waals surface area contributed by atoms with Gasteiger partial charge in [0.2, 0.25) is 0 Å². The van der Waals surface area contributed by atoms with E-state index in [-0.39, 0.29) is 0 Å². The van der Waals surface area contributed by atoms with E-state index in [0.29, 0.717) is 30.9 Å². The van der Waals surface area contributed by atoms with E-state index in [1.807, 2.05) is 84.9 Å². The molecule has 1 aliphatic rings. The van der Waals surface area contributed by atoms with E-state index in [1.54, 1.807) is 0 Å². The first kappa shape index (κ1) is 24.5. The van der Waals surface area contributed by atoms with Crippen LogP contribution in [0.25, 0.3) is 0 Å². The van der Waals surface area contributed by atoms with Crippen molar-refractivity contribution in [3.8, 4) is 5.75 Å². The molecule has 5 nitrogen and oxygen atoms in total. The number of cyclic esters (lactones) is 1. The molecule has 6 heteroatoms. The highest BCUT2D eigenvalue weighted by molar-refractivity contribution is 5.91. The van der Waals surface area contributed by atoms with Crippen molar-refractivity contribution in [3.05, 3.63) is 132 Å². The summed E-state index contributed by atoms with van der Waals surface area (Å²) in [5.74, 6) is 0.286. The monoisotopic (exact) mass is 497 g/mol. The predicted molar refractivity (Wildman–Crippen MR) is 140 cm³/mol. The number of benzene rings is 4. The van der Waals surface area contributed by atoms with Crippen LogP contribution >= 0.6 is 0 Å². The Morgan fingerprint density at radius 2 is 1.46 bits per heavy atom. The van der Waals surface area contributed by atoms with E-state index in [4.69, 9.17) is 9.47 Å². The summed E-state index contributed by atoms with van der Waals surface area (Å²) in [5.41, 5.74) is 3.37. The molecule has 1 amide bonds. The molecule has 188 valence electrons. The van der Waals surface area contributed by atoms with Gasteiger partial charge in [-0.15, -0.1) is 0 Å². The summed E-state index contributed by atoms with van der Waals surface area (Å²) in [7, 11) is 0. The smallest absolute Gasteiger partial charge is 0.415 e. The lowest BCUT2D eigenvalue weighted by Gasteiger charge is -2.29. The van der Waals surface area contributed by atoms with Crippen molar-refractivity contribution in [1.29, 1.82) is 0 Å². The first-order valence-electron chi connectivity index (χ1n) is 12.3. The molecule has 4 aromatic carbocycles. The quantitative estimate of drug-likeness (QED) is 0.288. The summed E-state index contributed by atoms with van der Waals surface area (Å²) < 4.78 is 25.3. The van der Waals surface area contributed by atoms with Crippen molar-refractivity contribution in [1.82, 2.24) is 0 Å². The van der Waals surface area contributed by atoms with Crippen LogP contribution in [-0.2, 0) is 17.8 Å². The Morgan fingerprint density at radius 1 is 0.838 bits per heavy atom. The predicted octanol–water partition coefficient (Wildman–Crippen LogP) is 6.46. The maximum atomic E-state index is 13.6. The molecule has 0 aliphatic carbocycles. The van der Waals surface area contributed by atoms with Gasteiger partial charge in [-0.25, -0.2) is 9.18 Å². The Kier molecular flexibility index (Phi) is 7.47. The van der Waals surface area contributed by atoms with E-state index in [2.05, 4.69) is 0 Å². The molecule has 0 bridgehead atoms. The SMILES string of the molecule is O=C1O[C@@H](c2ccc(OCc3ccccc3)cc2)[C@@H]([C@@H](O)CCc2ccccc2)N1c1ccc(F)cc1. The number of hydrogen-bond acceptors (Lipinski definition) is 4. The van der Waals surface area contributed by atoms with Crippen LogP contribution in [0.3, 0.4) is 0 Å². The maximum Gasteiger partial charge on any atom is 0.415 e. The van der Waals surface area contributed by atoms with Crippen LogP contribution in [0.5, 0.6) is 5.75 Å². The highest BCUT2D eigenvalue weighted by atomic mass is 19.1. The Morgan fingerprint density at radius 3 is 2.11 bits per heavy atom. The van der Waals surface area contributed by atoms with Gasteiger partial charge in [-0.05, 0) is 65.9 Å². The number of aryl methyl sites for hydroxylation is 1. The largest absolute Gasteiger partial charge is 0.489 e. The van der Waals surface area contributed by atoms with Crippen LogP contribution in [0.2, 0.25) is 0 Å². The highest BCUT2D eigenvalue weighted by Gasteiger charge is 2.47. The van der Waals surface area contributed by atoms with Gasteiger partial charge in [0, 0.05) is 5.69 Å². The fourth-order valence-corrected chi connectivity index (χ4v) is 4.64. The maximum absolute atomic E-state index is 13.6. The van der Waals surface area contributed by atoms with Gasteiger partial charge in [-0.2, -0.15) is 0 Å². The fourth-order valence-electron chi connectivity index (χ4n) is 4.64. The number of anilines is 1. The molecular weight excluding hydrogens is 469 g/mol. The van der Waals surface area contributed by atoms with Crippen molar-refractivity contribution in [2.75, 3.05) is 4.90 Å². The normalized spacial score (nSPS) is 17.9. The van der Waals surface area contributed by atoms with Crippen molar-refractivity contribution in [2.45, 2.75) is 37.7 Å². The number of aliphatic hydroxyl groups excluding tert-OH is 1. The summed E-state index contributed by atoms with van der Waals surface area (Å²) in [4.78, 5) is 14.5. The molecule has 0 aromatic heterocycles. The highest BCUT2D eigenvalue weighted by Crippen LogP contribution is 2.39. The molecule has 4 aromatic rings. The summed E-state index contributed by atoms with van der Waals surface area (Å²) in [5, 5.41) is 11.3. The minimum atomic E-state index is -0.879. The molecule has 1 fully saturated rings. The molecule has 0 unspecified atom stereocenters. The van der Waals surface area contributed by atoms with Crippen molar-refractivity contribution in [3.63, 3.8) is 0 Å². The standard InChI is InChI=1S/C31H28FNO4/c32-25-14-16-26(17-15-25)33-29(28(34)20-11-22-7-3-1-4-8-22)30(37-31(33)35)24-12-18-27(19-13-24)36-21-23-9-5-2-6-10-23/h1-10,12-19,28-30,34H,11,20-21H2/t28-,29+,30-/m0/s1. The Hall–Kier alpha value is -4.16. The van der Waals surface area contributed by atoms with E-state index in [9.17, 15) is 14.3 Å². The number of carbonyl (C=O) groups excluding carboxylic acids is 1. The molecular formula is C31H28FNO4. The third-order valence-electron chi connectivity index (χ3n) is 6.56. The Labute approximate surface area is 215 Å². The van der Waals surface area contributed by atoms with Gasteiger partial charge >= 0.3 is 6.09 Å². The zero-order chi connectivity index (χ0) is 25.6. The van der Waals surface area contributed by atoms with Crippen LogP contribution in [0, 0.1) is 5.82 Å². The zero-order valence-corrected chi connectivity index (χ0v) is 20.2. The molecule has 1 aliphatic heterocycles. The summed E-state index contributed by atoms with van der Waals surface area (Å²) in [6.45, 7) is 0.442. The molecule has 0 saturated carbocycles. The van der Waals surface area contributed by atoms with E-state index in [0.717, 1.165) is 16.7 Å². The first-order valence-corrected chi connectivity index (χ1v) is 12.3. The number of carbonyl (C=O) groups is 1. The van der Waals surface area contributed by atoms with Crippen molar-refractivity contribution >= 4 is 11.8 Å². The lowest BCUT2D eigenvalue weighted by molar-refractivity contribution is 0.0762. The molecule has 1 N–H and O–H groups in total. The summed E-state index contributed by atoms with van der Waals surface area (Å²) >= 11 is 0. The fraction of sp³-hybridized carbons (Fsp3) is 0.194. The number of amides is 1. The Balaban J connectivity index is 1.37. The molecule has 3 atom stereocenters. The van der Waals surface area contributed by atoms with Gasteiger partial charge in [0.05, 0.1) is 6.10 Å².